The van der Waals surface area contributed by atoms with Gasteiger partial charge in [-0.3, -0.25) is 19.6 Å². The molecule has 2 amide bonds. The zero-order chi connectivity index (χ0) is 13.5. The zero-order valence-electron chi connectivity index (χ0n) is 9.25. The first-order valence-corrected chi connectivity index (χ1v) is 6.64. The van der Waals surface area contributed by atoms with Gasteiger partial charge in [-0.25, -0.2) is 8.42 Å². The third kappa shape index (κ3) is 2.11. The second-order valence-corrected chi connectivity index (χ2v) is 5.93. The largest absolute Gasteiger partial charge is 0.294 e. The summed E-state index contributed by atoms with van der Waals surface area (Å²) in [5.41, 5.74) is 0. The Labute approximate surface area is 108 Å². The molecule has 1 saturated heterocycles. The number of hydrogen-bond donors (Lipinski definition) is 1. The maximum absolute atomic E-state index is 12.2. The van der Waals surface area contributed by atoms with Crippen LogP contribution in [0.5, 0.6) is 0 Å². The molecule has 1 aromatic heterocycles. The summed E-state index contributed by atoms with van der Waals surface area (Å²) in [6.45, 7) is -0.842. The number of amides is 2. The Balaban J connectivity index is 2.43. The summed E-state index contributed by atoms with van der Waals surface area (Å²) < 4.78 is 26.3. The van der Waals surface area contributed by atoms with Gasteiger partial charge in [0.25, 0.3) is 10.0 Å². The highest BCUT2D eigenvalue weighted by molar-refractivity contribution is 7.89. The molecule has 2 heterocycles. The fraction of sp³-hybridized carbons (Fsp3) is 0.375. The second kappa shape index (κ2) is 4.34. The number of aromatic nitrogens is 2. The highest BCUT2D eigenvalue weighted by atomic mass is 35.5. The van der Waals surface area contributed by atoms with Crippen LogP contribution in [0.3, 0.4) is 0 Å². The van der Waals surface area contributed by atoms with Gasteiger partial charge in [0.05, 0.1) is 24.3 Å². The highest BCUT2D eigenvalue weighted by Gasteiger charge is 2.36. The van der Waals surface area contributed by atoms with Crippen LogP contribution in [0.4, 0.5) is 0 Å². The van der Waals surface area contributed by atoms with Crippen LogP contribution in [0.15, 0.2) is 11.2 Å². The van der Waals surface area contributed by atoms with Crippen molar-refractivity contribution in [2.24, 2.45) is 7.05 Å². The van der Waals surface area contributed by atoms with Gasteiger partial charge >= 0.3 is 0 Å². The Morgan fingerprint density at radius 2 is 1.89 bits per heavy atom. The smallest absolute Gasteiger partial charge is 0.262 e. The number of aryl methyl sites for hydroxylation is 1. The van der Waals surface area contributed by atoms with E-state index in [-0.39, 0.29) is 10.0 Å². The van der Waals surface area contributed by atoms with Crippen LogP contribution in [0.25, 0.3) is 0 Å². The first-order chi connectivity index (χ1) is 8.32. The fourth-order valence-corrected chi connectivity index (χ4v) is 3.55. The van der Waals surface area contributed by atoms with Gasteiger partial charge < -0.3 is 0 Å². The molecule has 10 heteroatoms. The summed E-state index contributed by atoms with van der Waals surface area (Å²) in [5, 5.41) is 5.42. The molecule has 98 valence electrons. The van der Waals surface area contributed by atoms with Crippen LogP contribution >= 0.6 is 11.6 Å². The number of sulfonamides is 1. The van der Waals surface area contributed by atoms with E-state index in [1.54, 1.807) is 0 Å². The average Bonchev–Trinajstić information content (AvgIpc) is 2.57. The van der Waals surface area contributed by atoms with Crippen LogP contribution in [-0.4, -0.2) is 47.4 Å². The average molecular weight is 293 g/mol. The third-order valence-corrected chi connectivity index (χ3v) is 4.65. The standard InChI is InChI=1S/C8H9ClN4O4S/c1-12-8(5(9)2-10-12)18(16,17)13-3-6(14)11-7(15)4-13/h2H,3-4H2,1H3,(H,11,14,15). The summed E-state index contributed by atoms with van der Waals surface area (Å²) in [6, 6.07) is 0. The van der Waals surface area contributed by atoms with Crippen molar-refractivity contribution in [3.63, 3.8) is 0 Å². The first-order valence-electron chi connectivity index (χ1n) is 4.82. The Morgan fingerprint density at radius 3 is 2.33 bits per heavy atom. The summed E-state index contributed by atoms with van der Waals surface area (Å²) in [4.78, 5) is 22.4. The van der Waals surface area contributed by atoms with Gasteiger partial charge in [-0.1, -0.05) is 11.6 Å². The number of carbonyl (C=O) groups is 2. The van der Waals surface area contributed by atoms with Crippen molar-refractivity contribution in [3.8, 4) is 0 Å². The minimum absolute atomic E-state index is 0.0593. The van der Waals surface area contributed by atoms with Gasteiger partial charge in [0.15, 0.2) is 5.03 Å². The van der Waals surface area contributed by atoms with Gasteiger partial charge in [0.1, 0.15) is 0 Å². The molecule has 0 radical (unpaired) electrons. The van der Waals surface area contributed by atoms with E-state index < -0.39 is 34.9 Å². The van der Waals surface area contributed by atoms with Crippen molar-refractivity contribution in [1.82, 2.24) is 19.4 Å². The molecule has 18 heavy (non-hydrogen) atoms. The van der Waals surface area contributed by atoms with Crippen LogP contribution in [0.2, 0.25) is 5.02 Å². The normalized spacial score (nSPS) is 17.9. The van der Waals surface area contributed by atoms with Crippen molar-refractivity contribution < 1.29 is 18.0 Å². The number of hydrogen-bond acceptors (Lipinski definition) is 5. The molecule has 0 saturated carbocycles. The minimum atomic E-state index is -4.03. The van der Waals surface area contributed by atoms with Gasteiger partial charge in [-0.2, -0.15) is 9.40 Å². The number of piperazine rings is 1. The van der Waals surface area contributed by atoms with Crippen molar-refractivity contribution in [2.45, 2.75) is 5.03 Å². The van der Waals surface area contributed by atoms with Crippen molar-refractivity contribution in [1.29, 1.82) is 0 Å². The molecule has 1 fully saturated rings. The van der Waals surface area contributed by atoms with E-state index in [1.807, 2.05) is 5.32 Å². The lowest BCUT2D eigenvalue weighted by atomic mass is 10.4. The molecule has 1 N–H and O–H groups in total. The van der Waals surface area contributed by atoms with Crippen LogP contribution in [-0.2, 0) is 26.7 Å². The van der Waals surface area contributed by atoms with E-state index in [1.165, 1.54) is 13.2 Å². The summed E-state index contributed by atoms with van der Waals surface area (Å²) in [7, 11) is -2.62. The molecule has 0 bridgehead atoms. The number of rotatable bonds is 2. The van der Waals surface area contributed by atoms with Crippen LogP contribution in [0.1, 0.15) is 0 Å². The number of carbonyl (C=O) groups excluding carboxylic acids is 2. The number of nitrogens with one attached hydrogen (secondary N) is 1. The molecule has 1 aromatic rings. The number of halogens is 1. The lowest BCUT2D eigenvalue weighted by Gasteiger charge is -2.24. The molecule has 1 aliphatic rings. The molecule has 0 aromatic carbocycles. The molecule has 0 aliphatic carbocycles. The summed E-state index contributed by atoms with van der Waals surface area (Å²) in [5.74, 6) is -1.35. The Morgan fingerprint density at radius 1 is 1.33 bits per heavy atom. The highest BCUT2D eigenvalue weighted by Crippen LogP contribution is 2.23. The maximum Gasteiger partial charge on any atom is 0.262 e. The molecule has 0 atom stereocenters. The topological polar surface area (TPSA) is 101 Å². The number of imide groups is 1. The molecule has 1 aliphatic heterocycles. The molecule has 2 rings (SSSR count). The molecular formula is C8H9ClN4O4S. The zero-order valence-corrected chi connectivity index (χ0v) is 10.8. The monoisotopic (exact) mass is 292 g/mol. The summed E-state index contributed by atoms with van der Waals surface area (Å²) in [6.07, 6.45) is 1.18. The molecular weight excluding hydrogens is 284 g/mol. The van der Waals surface area contributed by atoms with Crippen molar-refractivity contribution in [2.75, 3.05) is 13.1 Å². The van der Waals surface area contributed by atoms with Gasteiger partial charge in [0, 0.05) is 7.05 Å². The Bertz CT molecular complexity index is 588. The number of nitrogens with zero attached hydrogens (tertiary/aromatic N) is 3. The van der Waals surface area contributed by atoms with Crippen molar-refractivity contribution >= 4 is 33.4 Å². The molecule has 0 spiro atoms. The fourth-order valence-electron chi connectivity index (χ4n) is 1.59. The van der Waals surface area contributed by atoms with Crippen molar-refractivity contribution in [3.05, 3.63) is 11.2 Å². The predicted molar refractivity (Wildman–Crippen MR) is 60.1 cm³/mol. The molecule has 8 nitrogen and oxygen atoms in total. The predicted octanol–water partition coefficient (Wildman–Crippen LogP) is -1.28. The minimum Gasteiger partial charge on any atom is -0.294 e. The Hall–Kier alpha value is -1.45. The molecule has 0 unspecified atom stereocenters. The van der Waals surface area contributed by atoms with Gasteiger partial charge in [-0.05, 0) is 0 Å². The third-order valence-electron chi connectivity index (χ3n) is 2.35. The van der Waals surface area contributed by atoms with E-state index in [9.17, 15) is 18.0 Å². The van der Waals surface area contributed by atoms with Gasteiger partial charge in [-0.15, -0.1) is 0 Å². The van der Waals surface area contributed by atoms with E-state index in [0.717, 1.165) is 8.99 Å². The van der Waals surface area contributed by atoms with Crippen LogP contribution in [0, 0.1) is 0 Å². The quantitative estimate of drug-likeness (QED) is 0.684. The second-order valence-electron chi connectivity index (χ2n) is 3.67. The Kier molecular flexibility index (Phi) is 3.13. The van der Waals surface area contributed by atoms with E-state index in [0.29, 0.717) is 0 Å². The SMILES string of the molecule is Cn1ncc(Cl)c1S(=O)(=O)N1CC(=O)NC(=O)C1. The van der Waals surface area contributed by atoms with Gasteiger partial charge in [0.2, 0.25) is 11.8 Å². The first kappa shape index (κ1) is 13.0. The van der Waals surface area contributed by atoms with E-state index in [4.69, 9.17) is 11.6 Å². The summed E-state index contributed by atoms with van der Waals surface area (Å²) >= 11 is 5.75. The lowest BCUT2D eigenvalue weighted by molar-refractivity contribution is -0.134. The van der Waals surface area contributed by atoms with E-state index >= 15 is 0 Å². The lowest BCUT2D eigenvalue weighted by Crippen LogP contribution is -2.53. The maximum atomic E-state index is 12.2. The van der Waals surface area contributed by atoms with E-state index in [2.05, 4.69) is 5.10 Å². The van der Waals surface area contributed by atoms with Crippen LogP contribution < -0.4 is 5.32 Å².